The van der Waals surface area contributed by atoms with Crippen molar-refractivity contribution in [1.29, 1.82) is 0 Å². The minimum Gasteiger partial charge on any atom is -0.352 e. The van der Waals surface area contributed by atoms with Gasteiger partial charge in [-0.1, -0.05) is 32.9 Å². The number of rotatable bonds is 3. The summed E-state index contributed by atoms with van der Waals surface area (Å²) in [7, 11) is 0. The zero-order chi connectivity index (χ0) is 19.1. The number of fused-ring (bicyclic) bond motifs is 1. The van der Waals surface area contributed by atoms with Crippen molar-refractivity contribution in [2.45, 2.75) is 52.7 Å². The molecule has 1 unspecified atom stereocenters. The Hall–Kier alpha value is -2.70. The summed E-state index contributed by atoms with van der Waals surface area (Å²) in [5, 5.41) is 5.16. The zero-order valence-corrected chi connectivity index (χ0v) is 15.2. The van der Waals surface area contributed by atoms with Crippen LogP contribution in [0.2, 0.25) is 0 Å². The molecule has 1 atom stereocenters. The van der Waals surface area contributed by atoms with Crippen molar-refractivity contribution < 1.29 is 19.2 Å². The van der Waals surface area contributed by atoms with Gasteiger partial charge in [0.1, 0.15) is 6.04 Å². The highest BCUT2D eigenvalue weighted by atomic mass is 16.2. The van der Waals surface area contributed by atoms with E-state index in [0.717, 1.165) is 11.1 Å². The maximum atomic E-state index is 12.7. The van der Waals surface area contributed by atoms with Crippen LogP contribution < -0.4 is 10.6 Å². The third-order valence-electron chi connectivity index (χ3n) is 4.73. The number of imide groups is 1. The lowest BCUT2D eigenvalue weighted by molar-refractivity contribution is -0.137. The maximum Gasteiger partial charge on any atom is 0.255 e. The van der Waals surface area contributed by atoms with E-state index in [1.54, 1.807) is 6.07 Å². The predicted molar refractivity (Wildman–Crippen MR) is 93.8 cm³/mol. The Labute approximate surface area is 152 Å². The van der Waals surface area contributed by atoms with Crippen LogP contribution in [0.1, 0.15) is 55.1 Å². The molecule has 26 heavy (non-hydrogen) atoms. The van der Waals surface area contributed by atoms with Gasteiger partial charge in [-0.15, -0.1) is 0 Å². The van der Waals surface area contributed by atoms with Crippen LogP contribution in [0, 0.1) is 5.41 Å². The number of hydrogen-bond acceptors (Lipinski definition) is 4. The quantitative estimate of drug-likeness (QED) is 0.792. The third-order valence-corrected chi connectivity index (χ3v) is 4.73. The Morgan fingerprint density at radius 1 is 1.27 bits per heavy atom. The number of nitrogens with zero attached hydrogens (tertiary/aromatic N) is 1. The van der Waals surface area contributed by atoms with Crippen molar-refractivity contribution in [2.75, 3.05) is 0 Å². The first-order valence-corrected chi connectivity index (χ1v) is 8.71. The molecule has 2 N–H and O–H groups in total. The highest BCUT2D eigenvalue weighted by molar-refractivity contribution is 6.05. The van der Waals surface area contributed by atoms with E-state index in [0.29, 0.717) is 25.1 Å². The summed E-state index contributed by atoms with van der Waals surface area (Å²) in [5.41, 5.74) is 1.76. The summed E-state index contributed by atoms with van der Waals surface area (Å²) in [4.78, 5) is 49.6. The first-order valence-electron chi connectivity index (χ1n) is 8.71. The highest BCUT2D eigenvalue weighted by Crippen LogP contribution is 2.28. The first kappa shape index (κ1) is 18.1. The van der Waals surface area contributed by atoms with Gasteiger partial charge in [-0.2, -0.15) is 0 Å². The van der Waals surface area contributed by atoms with Crippen molar-refractivity contribution in [3.8, 4) is 0 Å². The van der Waals surface area contributed by atoms with E-state index in [1.807, 2.05) is 32.9 Å². The van der Waals surface area contributed by atoms with Crippen molar-refractivity contribution in [2.24, 2.45) is 5.41 Å². The maximum absolute atomic E-state index is 12.7. The van der Waals surface area contributed by atoms with Gasteiger partial charge in [-0.05, 0) is 23.6 Å². The number of piperidine rings is 1. The summed E-state index contributed by atoms with van der Waals surface area (Å²) < 4.78 is 0. The standard InChI is InChI=1S/C19H23N3O4/c1-19(2,3)18(26)20-9-11-4-5-12-10-22(17(25)13(12)8-11)14-6-7-15(23)21-16(14)24/h4-5,8,14H,6-7,9-10H2,1-3H3,(H,20,26)(H,21,23,24). The minimum atomic E-state index is -0.614. The summed E-state index contributed by atoms with van der Waals surface area (Å²) in [5.74, 6) is -0.986. The molecule has 7 nitrogen and oxygen atoms in total. The molecule has 0 aliphatic carbocycles. The van der Waals surface area contributed by atoms with Crippen molar-refractivity contribution in [3.05, 3.63) is 34.9 Å². The van der Waals surface area contributed by atoms with Gasteiger partial charge in [0.25, 0.3) is 5.91 Å². The molecule has 1 aromatic rings. The normalized spacial score (nSPS) is 20.0. The van der Waals surface area contributed by atoms with Crippen LogP contribution in [0.15, 0.2) is 18.2 Å². The van der Waals surface area contributed by atoms with Crippen molar-refractivity contribution in [3.63, 3.8) is 0 Å². The van der Waals surface area contributed by atoms with Crippen molar-refractivity contribution in [1.82, 2.24) is 15.5 Å². The molecule has 2 heterocycles. The highest BCUT2D eigenvalue weighted by Gasteiger charge is 2.39. The smallest absolute Gasteiger partial charge is 0.255 e. The van der Waals surface area contributed by atoms with Gasteiger partial charge in [-0.3, -0.25) is 24.5 Å². The molecule has 1 saturated heterocycles. The lowest BCUT2D eigenvalue weighted by Crippen LogP contribution is -2.52. The fourth-order valence-electron chi connectivity index (χ4n) is 3.16. The molecular formula is C19H23N3O4. The van der Waals surface area contributed by atoms with Crippen LogP contribution in [-0.2, 0) is 27.5 Å². The third kappa shape index (κ3) is 3.47. The van der Waals surface area contributed by atoms with Crippen molar-refractivity contribution >= 4 is 23.6 Å². The van der Waals surface area contributed by atoms with E-state index in [1.165, 1.54) is 4.90 Å². The summed E-state index contributed by atoms with van der Waals surface area (Å²) >= 11 is 0. The lowest BCUT2D eigenvalue weighted by Gasteiger charge is -2.29. The Balaban J connectivity index is 1.72. The fraction of sp³-hybridized carbons (Fsp3) is 0.474. The summed E-state index contributed by atoms with van der Waals surface area (Å²) in [6, 6.07) is 4.89. The SMILES string of the molecule is CC(C)(C)C(=O)NCc1ccc2c(c1)C(=O)N(C1CCC(=O)NC1=O)C2. The molecule has 1 fully saturated rings. The Morgan fingerprint density at radius 3 is 2.65 bits per heavy atom. The predicted octanol–water partition coefficient (Wildman–Crippen LogP) is 1.11. The van der Waals surface area contributed by atoms with Crippen LogP contribution in [0.4, 0.5) is 0 Å². The second-order valence-corrected chi connectivity index (χ2v) is 7.82. The first-order chi connectivity index (χ1) is 12.2. The molecule has 0 radical (unpaired) electrons. The topological polar surface area (TPSA) is 95.6 Å². The van der Waals surface area contributed by atoms with Gasteiger partial charge >= 0.3 is 0 Å². The molecule has 7 heteroatoms. The molecule has 1 aromatic carbocycles. The zero-order valence-electron chi connectivity index (χ0n) is 15.2. The van der Waals surface area contributed by atoms with E-state index in [4.69, 9.17) is 0 Å². The van der Waals surface area contributed by atoms with E-state index in [-0.39, 0.29) is 24.1 Å². The molecule has 4 amide bonds. The van der Waals surface area contributed by atoms with E-state index in [9.17, 15) is 19.2 Å². The van der Waals surface area contributed by atoms with Crippen LogP contribution in [0.5, 0.6) is 0 Å². The van der Waals surface area contributed by atoms with Crippen LogP contribution in [0.3, 0.4) is 0 Å². The minimum absolute atomic E-state index is 0.0607. The van der Waals surface area contributed by atoms with Gasteiger partial charge < -0.3 is 10.2 Å². The van der Waals surface area contributed by atoms with Crippen LogP contribution in [-0.4, -0.2) is 34.6 Å². The second-order valence-electron chi connectivity index (χ2n) is 7.82. The molecule has 0 aromatic heterocycles. The van der Waals surface area contributed by atoms with Gasteiger partial charge in [0.2, 0.25) is 17.7 Å². The Kier molecular flexibility index (Phi) is 4.56. The number of hydrogen-bond donors (Lipinski definition) is 2. The molecule has 138 valence electrons. The molecular weight excluding hydrogens is 334 g/mol. The van der Waals surface area contributed by atoms with E-state index in [2.05, 4.69) is 10.6 Å². The van der Waals surface area contributed by atoms with E-state index < -0.39 is 17.4 Å². The number of amides is 4. The van der Waals surface area contributed by atoms with Crippen LogP contribution in [0.25, 0.3) is 0 Å². The number of carbonyl (C=O) groups excluding carboxylic acids is 4. The molecule has 3 rings (SSSR count). The average molecular weight is 357 g/mol. The van der Waals surface area contributed by atoms with Gasteiger partial charge in [-0.25, -0.2) is 0 Å². The van der Waals surface area contributed by atoms with Gasteiger partial charge in [0, 0.05) is 30.5 Å². The Bertz CT molecular complexity index is 794. The molecule has 2 aliphatic heterocycles. The molecule has 2 aliphatic rings. The fourth-order valence-corrected chi connectivity index (χ4v) is 3.16. The average Bonchev–Trinajstić information content (AvgIpc) is 2.88. The van der Waals surface area contributed by atoms with Gasteiger partial charge in [0.15, 0.2) is 0 Å². The Morgan fingerprint density at radius 2 is 2.00 bits per heavy atom. The largest absolute Gasteiger partial charge is 0.352 e. The summed E-state index contributed by atoms with van der Waals surface area (Å²) in [6.07, 6.45) is 0.583. The number of benzene rings is 1. The molecule has 0 bridgehead atoms. The van der Waals surface area contributed by atoms with Gasteiger partial charge in [0.05, 0.1) is 0 Å². The monoisotopic (exact) mass is 357 g/mol. The summed E-state index contributed by atoms with van der Waals surface area (Å²) in [6.45, 7) is 6.22. The number of nitrogens with one attached hydrogen (secondary N) is 2. The molecule has 0 saturated carbocycles. The number of carbonyl (C=O) groups is 4. The molecule has 0 spiro atoms. The second kappa shape index (κ2) is 6.55. The van der Waals surface area contributed by atoms with E-state index >= 15 is 0 Å². The lowest BCUT2D eigenvalue weighted by atomic mass is 9.95. The van der Waals surface area contributed by atoms with Crippen LogP contribution >= 0.6 is 0 Å².